The number of hydrogen-bond acceptors (Lipinski definition) is 4. The molecule has 0 fully saturated rings. The zero-order valence-corrected chi connectivity index (χ0v) is 15.5. The van der Waals surface area contributed by atoms with Crippen molar-refractivity contribution in [2.75, 3.05) is 39.3 Å². The van der Waals surface area contributed by atoms with E-state index in [2.05, 4.69) is 28.8 Å². The number of benzene rings is 1. The molecular weight excluding hydrogens is 310 g/mol. The van der Waals surface area contributed by atoms with Crippen molar-refractivity contribution in [1.82, 2.24) is 10.6 Å². The minimum absolute atomic E-state index is 0.542. The highest BCUT2D eigenvalue weighted by molar-refractivity contribution is 7.98. The van der Waals surface area contributed by atoms with Gasteiger partial charge in [0.2, 0.25) is 0 Å². The van der Waals surface area contributed by atoms with Crippen molar-refractivity contribution < 1.29 is 9.47 Å². The Bertz CT molecular complexity index is 481. The van der Waals surface area contributed by atoms with Gasteiger partial charge < -0.3 is 20.1 Å². The van der Waals surface area contributed by atoms with E-state index in [1.165, 1.54) is 12.2 Å². The van der Waals surface area contributed by atoms with Crippen LogP contribution in [0.15, 0.2) is 23.2 Å². The number of para-hydroxylation sites is 1. The van der Waals surface area contributed by atoms with Crippen molar-refractivity contribution in [3.8, 4) is 11.5 Å². The molecule has 130 valence electrons. The first kappa shape index (κ1) is 19.5. The molecule has 0 bridgehead atoms. The molecule has 0 aliphatic heterocycles. The number of unbranched alkanes of at least 4 members (excludes halogenated alkanes) is 1. The van der Waals surface area contributed by atoms with Gasteiger partial charge in [-0.25, -0.2) is 4.99 Å². The molecule has 0 aromatic heterocycles. The summed E-state index contributed by atoms with van der Waals surface area (Å²) in [6.07, 6.45) is 4.51. The Labute approximate surface area is 144 Å². The molecule has 1 aromatic rings. The number of nitrogens with one attached hydrogen (secondary N) is 2. The van der Waals surface area contributed by atoms with Gasteiger partial charge in [-0.1, -0.05) is 12.1 Å². The summed E-state index contributed by atoms with van der Waals surface area (Å²) >= 11 is 1.89. The van der Waals surface area contributed by atoms with Gasteiger partial charge in [0.05, 0.1) is 20.8 Å². The summed E-state index contributed by atoms with van der Waals surface area (Å²) in [5, 5.41) is 6.64. The fourth-order valence-electron chi connectivity index (χ4n) is 2.16. The summed E-state index contributed by atoms with van der Waals surface area (Å²) in [5.41, 5.74) is 1.01. The van der Waals surface area contributed by atoms with Crippen LogP contribution in [0.4, 0.5) is 0 Å². The van der Waals surface area contributed by atoms with Crippen molar-refractivity contribution in [2.24, 2.45) is 4.99 Å². The topological polar surface area (TPSA) is 54.9 Å². The van der Waals surface area contributed by atoms with E-state index in [-0.39, 0.29) is 0 Å². The SMILES string of the molecule is CCNC(=NCc1cccc(OC)c1OC)NCCCCSC. The normalized spacial score (nSPS) is 11.2. The second-order valence-electron chi connectivity index (χ2n) is 4.97. The van der Waals surface area contributed by atoms with E-state index in [1.54, 1.807) is 14.2 Å². The second-order valence-corrected chi connectivity index (χ2v) is 5.96. The van der Waals surface area contributed by atoms with Crippen LogP contribution in [0.3, 0.4) is 0 Å². The minimum Gasteiger partial charge on any atom is -0.493 e. The average molecular weight is 340 g/mol. The number of aliphatic imine (C=N–C) groups is 1. The van der Waals surface area contributed by atoms with Gasteiger partial charge in [-0.3, -0.25) is 0 Å². The van der Waals surface area contributed by atoms with E-state index in [0.29, 0.717) is 6.54 Å². The van der Waals surface area contributed by atoms with Crippen LogP contribution in [0.25, 0.3) is 0 Å². The van der Waals surface area contributed by atoms with Crippen LogP contribution < -0.4 is 20.1 Å². The summed E-state index contributed by atoms with van der Waals surface area (Å²) in [6, 6.07) is 5.85. The number of guanidine groups is 1. The van der Waals surface area contributed by atoms with E-state index < -0.39 is 0 Å². The van der Waals surface area contributed by atoms with Gasteiger partial charge in [-0.05, 0) is 37.8 Å². The summed E-state index contributed by atoms with van der Waals surface area (Å²) < 4.78 is 10.8. The summed E-state index contributed by atoms with van der Waals surface area (Å²) in [5.74, 6) is 3.52. The number of nitrogens with zero attached hydrogens (tertiary/aromatic N) is 1. The Balaban J connectivity index is 2.66. The maximum absolute atomic E-state index is 5.45. The zero-order chi connectivity index (χ0) is 16.9. The Kier molecular flexibility index (Phi) is 10.1. The lowest BCUT2D eigenvalue weighted by Gasteiger charge is -2.13. The van der Waals surface area contributed by atoms with Crippen LogP contribution >= 0.6 is 11.8 Å². The molecule has 0 spiro atoms. The molecular formula is C17H29N3O2S. The fourth-order valence-corrected chi connectivity index (χ4v) is 2.66. The molecule has 5 nitrogen and oxygen atoms in total. The Hall–Kier alpha value is -1.56. The van der Waals surface area contributed by atoms with E-state index in [9.17, 15) is 0 Å². The van der Waals surface area contributed by atoms with Crippen molar-refractivity contribution in [3.63, 3.8) is 0 Å². The molecule has 2 N–H and O–H groups in total. The van der Waals surface area contributed by atoms with E-state index in [0.717, 1.165) is 42.5 Å². The molecule has 0 saturated heterocycles. The molecule has 0 aliphatic rings. The van der Waals surface area contributed by atoms with Gasteiger partial charge >= 0.3 is 0 Å². The van der Waals surface area contributed by atoms with E-state index in [4.69, 9.17) is 9.47 Å². The van der Waals surface area contributed by atoms with Gasteiger partial charge in [-0.2, -0.15) is 11.8 Å². The smallest absolute Gasteiger partial charge is 0.191 e. The van der Waals surface area contributed by atoms with E-state index >= 15 is 0 Å². The van der Waals surface area contributed by atoms with Gasteiger partial charge in [0, 0.05) is 18.7 Å². The van der Waals surface area contributed by atoms with Crippen molar-refractivity contribution >= 4 is 17.7 Å². The molecule has 0 saturated carbocycles. The number of ether oxygens (including phenoxy) is 2. The number of rotatable bonds is 10. The molecule has 0 radical (unpaired) electrons. The molecule has 0 unspecified atom stereocenters. The van der Waals surface area contributed by atoms with Crippen molar-refractivity contribution in [3.05, 3.63) is 23.8 Å². The first-order valence-electron chi connectivity index (χ1n) is 7.97. The zero-order valence-electron chi connectivity index (χ0n) is 14.6. The van der Waals surface area contributed by atoms with Gasteiger partial charge in [0.25, 0.3) is 0 Å². The minimum atomic E-state index is 0.542. The Morgan fingerprint density at radius 1 is 1.17 bits per heavy atom. The van der Waals surface area contributed by atoms with Crippen LogP contribution in [0.2, 0.25) is 0 Å². The highest BCUT2D eigenvalue weighted by Gasteiger charge is 2.09. The second kappa shape index (κ2) is 11.9. The lowest BCUT2D eigenvalue weighted by molar-refractivity contribution is 0.352. The van der Waals surface area contributed by atoms with Crippen LogP contribution in [-0.2, 0) is 6.54 Å². The predicted octanol–water partition coefficient (Wildman–Crippen LogP) is 2.90. The standard InChI is InChI=1S/C17H29N3O2S/c1-5-18-17(19-11-6-7-12-23-4)20-13-14-9-8-10-15(21-2)16(14)22-3/h8-10H,5-7,11-13H2,1-4H3,(H2,18,19,20). The predicted molar refractivity (Wildman–Crippen MR) is 100.0 cm³/mol. The largest absolute Gasteiger partial charge is 0.493 e. The highest BCUT2D eigenvalue weighted by atomic mass is 32.2. The van der Waals surface area contributed by atoms with Crippen LogP contribution in [0.5, 0.6) is 11.5 Å². The molecule has 0 atom stereocenters. The third-order valence-electron chi connectivity index (χ3n) is 3.30. The van der Waals surface area contributed by atoms with Gasteiger partial charge in [-0.15, -0.1) is 0 Å². The first-order valence-corrected chi connectivity index (χ1v) is 9.37. The maximum atomic E-state index is 5.45. The molecule has 6 heteroatoms. The third-order valence-corrected chi connectivity index (χ3v) is 4.00. The van der Waals surface area contributed by atoms with Crippen LogP contribution in [-0.4, -0.2) is 45.3 Å². The number of methoxy groups -OCH3 is 2. The Morgan fingerprint density at radius 2 is 2.00 bits per heavy atom. The summed E-state index contributed by atoms with van der Waals surface area (Å²) in [7, 11) is 3.30. The van der Waals surface area contributed by atoms with Crippen LogP contribution in [0.1, 0.15) is 25.3 Å². The van der Waals surface area contributed by atoms with Gasteiger partial charge in [0.1, 0.15) is 0 Å². The monoisotopic (exact) mass is 339 g/mol. The maximum Gasteiger partial charge on any atom is 0.191 e. The van der Waals surface area contributed by atoms with E-state index in [1.807, 2.05) is 30.0 Å². The van der Waals surface area contributed by atoms with Crippen LogP contribution in [0, 0.1) is 0 Å². The molecule has 1 aromatic carbocycles. The average Bonchev–Trinajstić information content (AvgIpc) is 2.58. The van der Waals surface area contributed by atoms with Gasteiger partial charge in [0.15, 0.2) is 17.5 Å². The number of thioether (sulfide) groups is 1. The lowest BCUT2D eigenvalue weighted by atomic mass is 10.2. The summed E-state index contributed by atoms with van der Waals surface area (Å²) in [4.78, 5) is 4.64. The lowest BCUT2D eigenvalue weighted by Crippen LogP contribution is -2.37. The first-order chi connectivity index (χ1) is 11.3. The summed E-state index contributed by atoms with van der Waals surface area (Å²) in [6.45, 7) is 4.38. The molecule has 23 heavy (non-hydrogen) atoms. The molecule has 0 amide bonds. The molecule has 0 aliphatic carbocycles. The quantitative estimate of drug-likeness (QED) is 0.390. The molecule has 0 heterocycles. The fraction of sp³-hybridized carbons (Fsp3) is 0.588. The molecule has 1 rings (SSSR count). The Morgan fingerprint density at radius 3 is 2.65 bits per heavy atom. The third kappa shape index (κ3) is 7.03. The highest BCUT2D eigenvalue weighted by Crippen LogP contribution is 2.30. The number of hydrogen-bond donors (Lipinski definition) is 2. The van der Waals surface area contributed by atoms with Crippen molar-refractivity contribution in [1.29, 1.82) is 0 Å². The van der Waals surface area contributed by atoms with Crippen molar-refractivity contribution in [2.45, 2.75) is 26.3 Å².